The molecule has 2 aliphatic carbocycles. The zero-order valence-electron chi connectivity index (χ0n) is 11.3. The van der Waals surface area contributed by atoms with Crippen LogP contribution in [0.3, 0.4) is 0 Å². The van der Waals surface area contributed by atoms with Crippen molar-refractivity contribution in [3.8, 4) is 11.5 Å². The topological polar surface area (TPSA) is 74.6 Å². The van der Waals surface area contributed by atoms with Crippen LogP contribution in [0.1, 0.15) is 45.7 Å². The summed E-state index contributed by atoms with van der Waals surface area (Å²) in [5.41, 5.74) is 3.19. The first-order valence-corrected chi connectivity index (χ1v) is 6.43. The number of hydrogen-bond acceptors (Lipinski definition) is 4. The van der Waals surface area contributed by atoms with Gasteiger partial charge in [-0.3, -0.25) is 9.59 Å². The molecule has 0 unspecified atom stereocenters. The summed E-state index contributed by atoms with van der Waals surface area (Å²) in [5.74, 6) is -1.22. The van der Waals surface area contributed by atoms with Gasteiger partial charge in [0.25, 0.3) is 0 Å². The molecule has 0 heterocycles. The van der Waals surface area contributed by atoms with Gasteiger partial charge in [0.2, 0.25) is 0 Å². The molecule has 102 valence electrons. The van der Waals surface area contributed by atoms with Crippen molar-refractivity contribution in [1.29, 1.82) is 0 Å². The molecule has 0 bridgehead atoms. The summed E-state index contributed by atoms with van der Waals surface area (Å²) in [6.07, 6.45) is 3.23. The number of phenolic OH excluding ortho intramolecular Hbond substituents is 2. The zero-order valence-corrected chi connectivity index (χ0v) is 11.3. The van der Waals surface area contributed by atoms with Crippen LogP contribution in [0.5, 0.6) is 11.5 Å². The van der Waals surface area contributed by atoms with E-state index < -0.39 is 11.6 Å². The van der Waals surface area contributed by atoms with Gasteiger partial charge in [0, 0.05) is 11.1 Å². The molecule has 0 radical (unpaired) electrons. The van der Waals surface area contributed by atoms with Gasteiger partial charge in [-0.05, 0) is 38.8 Å². The van der Waals surface area contributed by atoms with Gasteiger partial charge < -0.3 is 10.2 Å². The normalized spacial score (nSPS) is 17.3. The molecule has 1 aromatic carbocycles. The van der Waals surface area contributed by atoms with Gasteiger partial charge >= 0.3 is 0 Å². The second-order valence-electron chi connectivity index (χ2n) is 5.38. The quantitative estimate of drug-likeness (QED) is 0.561. The Morgan fingerprint density at radius 1 is 0.800 bits per heavy atom. The molecule has 0 saturated carbocycles. The number of benzene rings is 1. The van der Waals surface area contributed by atoms with Crippen LogP contribution in [-0.4, -0.2) is 21.8 Å². The Morgan fingerprint density at radius 3 is 1.50 bits per heavy atom. The molecule has 2 aliphatic rings. The van der Waals surface area contributed by atoms with Gasteiger partial charge in [-0.15, -0.1) is 0 Å². The summed E-state index contributed by atoms with van der Waals surface area (Å²) >= 11 is 0. The Kier molecular flexibility index (Phi) is 2.57. The lowest BCUT2D eigenvalue weighted by Gasteiger charge is -2.25. The van der Waals surface area contributed by atoms with E-state index in [1.165, 1.54) is 0 Å². The first kappa shape index (κ1) is 12.7. The van der Waals surface area contributed by atoms with Gasteiger partial charge in [0.05, 0.1) is 11.1 Å². The Morgan fingerprint density at radius 2 is 1.15 bits per heavy atom. The van der Waals surface area contributed by atoms with Crippen molar-refractivity contribution in [2.75, 3.05) is 0 Å². The minimum Gasteiger partial charge on any atom is -0.507 e. The third-order valence-corrected chi connectivity index (χ3v) is 4.15. The minimum absolute atomic E-state index is 0.0684. The van der Waals surface area contributed by atoms with Gasteiger partial charge in [-0.1, -0.05) is 11.1 Å². The molecule has 0 amide bonds. The van der Waals surface area contributed by atoms with Gasteiger partial charge in [-0.25, -0.2) is 0 Å². The number of ketones is 2. The summed E-state index contributed by atoms with van der Waals surface area (Å²) in [5, 5.41) is 20.7. The van der Waals surface area contributed by atoms with E-state index in [1.807, 2.05) is 13.8 Å². The summed E-state index contributed by atoms with van der Waals surface area (Å²) in [4.78, 5) is 23.8. The summed E-state index contributed by atoms with van der Waals surface area (Å²) in [7, 11) is 0. The van der Waals surface area contributed by atoms with Crippen LogP contribution in [0.15, 0.2) is 23.3 Å². The average Bonchev–Trinajstić information content (AvgIpc) is 2.41. The molecule has 1 aromatic rings. The third-order valence-electron chi connectivity index (χ3n) is 4.15. The van der Waals surface area contributed by atoms with Crippen molar-refractivity contribution in [3.05, 3.63) is 45.6 Å². The Labute approximate surface area is 116 Å². The SMILES string of the molecule is CC1=C(C)Cc2c(O)c3c(c(O)c2C1)C(=O)C=CC3=O. The maximum atomic E-state index is 11.9. The number of allylic oxidation sites excluding steroid dienone is 4. The van der Waals surface area contributed by atoms with Crippen molar-refractivity contribution in [3.63, 3.8) is 0 Å². The molecule has 0 fully saturated rings. The monoisotopic (exact) mass is 270 g/mol. The molecule has 0 aliphatic heterocycles. The molecule has 3 rings (SSSR count). The van der Waals surface area contributed by atoms with Crippen molar-refractivity contribution in [1.82, 2.24) is 0 Å². The molecule has 4 heteroatoms. The number of hydrogen-bond donors (Lipinski definition) is 2. The van der Waals surface area contributed by atoms with Gasteiger partial charge in [0.1, 0.15) is 11.5 Å². The van der Waals surface area contributed by atoms with Crippen molar-refractivity contribution < 1.29 is 19.8 Å². The van der Waals surface area contributed by atoms with Gasteiger partial charge in [-0.2, -0.15) is 0 Å². The molecular weight excluding hydrogens is 256 g/mol. The first-order chi connectivity index (χ1) is 9.41. The van der Waals surface area contributed by atoms with Gasteiger partial charge in [0.15, 0.2) is 11.6 Å². The predicted molar refractivity (Wildman–Crippen MR) is 73.4 cm³/mol. The second-order valence-corrected chi connectivity index (χ2v) is 5.38. The highest BCUT2D eigenvalue weighted by Crippen LogP contribution is 2.44. The highest BCUT2D eigenvalue weighted by Gasteiger charge is 2.32. The van der Waals surface area contributed by atoms with E-state index in [2.05, 4.69) is 0 Å². The maximum Gasteiger partial charge on any atom is 0.190 e. The van der Waals surface area contributed by atoms with Crippen molar-refractivity contribution in [2.45, 2.75) is 26.7 Å². The molecule has 0 saturated heterocycles. The number of rotatable bonds is 0. The zero-order chi connectivity index (χ0) is 14.6. The molecule has 0 spiro atoms. The van der Waals surface area contributed by atoms with Crippen LogP contribution in [-0.2, 0) is 12.8 Å². The fourth-order valence-electron chi connectivity index (χ4n) is 2.84. The fourth-order valence-corrected chi connectivity index (χ4v) is 2.84. The number of aromatic hydroxyl groups is 2. The summed E-state index contributed by atoms with van der Waals surface area (Å²) < 4.78 is 0. The van der Waals surface area contributed by atoms with E-state index in [4.69, 9.17) is 0 Å². The van der Waals surface area contributed by atoms with E-state index in [0.717, 1.165) is 23.3 Å². The lowest BCUT2D eigenvalue weighted by Crippen LogP contribution is -2.17. The fraction of sp³-hybridized carbons (Fsp3) is 0.250. The number of carbonyl (C=O) groups is 2. The lowest BCUT2D eigenvalue weighted by molar-refractivity contribution is 0.0989. The molecule has 0 aromatic heterocycles. The Hall–Kier alpha value is -2.36. The highest BCUT2D eigenvalue weighted by molar-refractivity contribution is 6.24. The molecule has 20 heavy (non-hydrogen) atoms. The molecule has 0 atom stereocenters. The average molecular weight is 270 g/mol. The molecule has 2 N–H and O–H groups in total. The molecule has 4 nitrogen and oxygen atoms in total. The first-order valence-electron chi connectivity index (χ1n) is 6.43. The van der Waals surface area contributed by atoms with Crippen molar-refractivity contribution >= 4 is 11.6 Å². The van der Waals surface area contributed by atoms with E-state index in [-0.39, 0.29) is 22.6 Å². The maximum absolute atomic E-state index is 11.9. The van der Waals surface area contributed by atoms with Crippen molar-refractivity contribution in [2.24, 2.45) is 0 Å². The third kappa shape index (κ3) is 1.54. The second kappa shape index (κ2) is 4.07. The van der Waals surface area contributed by atoms with E-state index in [9.17, 15) is 19.8 Å². The smallest absolute Gasteiger partial charge is 0.190 e. The number of fused-ring (bicyclic) bond motifs is 2. The van der Waals surface area contributed by atoms with Crippen LogP contribution in [0, 0.1) is 0 Å². The minimum atomic E-state index is -0.445. The standard InChI is InChI=1S/C16H14O4/c1-7-5-9-10(6-8(7)2)16(20)14-12(18)4-3-11(17)13(14)15(9)19/h3-4,19-20H,5-6H2,1-2H3. The predicted octanol–water partition coefficient (Wildman–Crippen LogP) is 2.47. The number of phenols is 2. The van der Waals surface area contributed by atoms with E-state index >= 15 is 0 Å². The van der Waals surface area contributed by atoms with E-state index in [0.29, 0.717) is 24.0 Å². The van der Waals surface area contributed by atoms with E-state index in [1.54, 1.807) is 0 Å². The van der Waals surface area contributed by atoms with Crippen LogP contribution in [0.4, 0.5) is 0 Å². The summed E-state index contributed by atoms with van der Waals surface area (Å²) in [6, 6.07) is 0. The summed E-state index contributed by atoms with van der Waals surface area (Å²) in [6.45, 7) is 3.92. The van der Waals surface area contributed by atoms with Crippen LogP contribution >= 0.6 is 0 Å². The van der Waals surface area contributed by atoms with Crippen LogP contribution < -0.4 is 0 Å². The van der Waals surface area contributed by atoms with Crippen LogP contribution in [0.2, 0.25) is 0 Å². The largest absolute Gasteiger partial charge is 0.507 e. The highest BCUT2D eigenvalue weighted by atomic mass is 16.3. The number of carbonyl (C=O) groups excluding carboxylic acids is 2. The Balaban J connectivity index is 2.35. The van der Waals surface area contributed by atoms with Crippen LogP contribution in [0.25, 0.3) is 0 Å². The Bertz CT molecular complexity index is 675. The molecular formula is C16H14O4. The lowest BCUT2D eigenvalue weighted by atomic mass is 9.80.